The molecule has 0 radical (unpaired) electrons. The minimum Gasteiger partial charge on any atom is -0.364 e. The third kappa shape index (κ3) is 4.71. The molecule has 4 nitrogen and oxygen atoms in total. The maximum Gasteiger partial charge on any atom is 0.255 e. The van der Waals surface area contributed by atoms with Crippen LogP contribution in [0, 0.1) is 5.82 Å². The Morgan fingerprint density at radius 1 is 1.24 bits per heavy atom. The van der Waals surface area contributed by atoms with Crippen molar-refractivity contribution in [1.82, 2.24) is 4.98 Å². The molecule has 6 heteroatoms. The number of rotatable bonds is 6. The molecule has 1 N–H and O–H groups in total. The van der Waals surface area contributed by atoms with Crippen LogP contribution >= 0.6 is 11.3 Å². The first-order valence-corrected chi connectivity index (χ1v) is 8.67. The molecule has 0 spiro atoms. The third-order valence-electron chi connectivity index (χ3n) is 3.57. The summed E-state index contributed by atoms with van der Waals surface area (Å²) in [5.41, 5.74) is 2.30. The Balaban J connectivity index is 1.57. The number of amides is 1. The number of hydrogen-bond donors (Lipinski definition) is 1. The van der Waals surface area contributed by atoms with E-state index in [9.17, 15) is 9.18 Å². The molecule has 1 amide bonds. The number of carbonyl (C=O) groups is 1. The number of thiazole rings is 1. The van der Waals surface area contributed by atoms with Crippen LogP contribution in [-0.4, -0.2) is 17.0 Å². The fraction of sp³-hybridized carbons (Fsp3) is 0.158. The van der Waals surface area contributed by atoms with Crippen molar-refractivity contribution in [2.45, 2.75) is 19.6 Å². The molecule has 25 heavy (non-hydrogen) atoms. The van der Waals surface area contributed by atoms with Gasteiger partial charge in [0, 0.05) is 10.9 Å². The fourth-order valence-electron chi connectivity index (χ4n) is 2.19. The number of ether oxygens (including phenoxy) is 1. The quantitative estimate of drug-likeness (QED) is 0.708. The Kier molecular flexibility index (Phi) is 5.53. The van der Waals surface area contributed by atoms with E-state index in [0.29, 0.717) is 23.0 Å². The van der Waals surface area contributed by atoms with Crippen LogP contribution in [-0.2, 0) is 16.1 Å². The van der Waals surface area contributed by atoms with Gasteiger partial charge in [-0.1, -0.05) is 42.5 Å². The standard InChI is InChI=1S/C19H17FN2O2S/c1-13(24-11-14-6-3-2-4-7-14)18(23)22-19-21-17(12-25-19)15-8-5-9-16(20)10-15/h2-10,12-13H,11H2,1H3,(H,21,22,23). The largest absolute Gasteiger partial charge is 0.364 e. The van der Waals surface area contributed by atoms with Crippen LogP contribution < -0.4 is 5.32 Å². The van der Waals surface area contributed by atoms with E-state index in [4.69, 9.17) is 4.74 Å². The Hall–Kier alpha value is -2.57. The second-order valence-corrected chi connectivity index (χ2v) is 6.33. The highest BCUT2D eigenvalue weighted by Gasteiger charge is 2.15. The van der Waals surface area contributed by atoms with Gasteiger partial charge in [0.15, 0.2) is 5.13 Å². The van der Waals surface area contributed by atoms with E-state index in [-0.39, 0.29) is 11.7 Å². The highest BCUT2D eigenvalue weighted by molar-refractivity contribution is 7.14. The van der Waals surface area contributed by atoms with Crippen LogP contribution in [0.1, 0.15) is 12.5 Å². The Morgan fingerprint density at radius 3 is 2.80 bits per heavy atom. The Bertz CT molecular complexity index is 851. The lowest BCUT2D eigenvalue weighted by atomic mass is 10.2. The maximum absolute atomic E-state index is 13.3. The fourth-order valence-corrected chi connectivity index (χ4v) is 2.91. The third-order valence-corrected chi connectivity index (χ3v) is 4.32. The van der Waals surface area contributed by atoms with Crippen molar-refractivity contribution in [3.05, 3.63) is 71.4 Å². The van der Waals surface area contributed by atoms with E-state index in [1.54, 1.807) is 24.4 Å². The number of nitrogens with zero attached hydrogens (tertiary/aromatic N) is 1. The molecule has 3 aromatic rings. The number of aromatic nitrogens is 1. The molecule has 1 heterocycles. The van der Waals surface area contributed by atoms with Crippen LogP contribution in [0.5, 0.6) is 0 Å². The number of hydrogen-bond acceptors (Lipinski definition) is 4. The Labute approximate surface area is 149 Å². The Morgan fingerprint density at radius 2 is 2.04 bits per heavy atom. The number of carbonyl (C=O) groups excluding carboxylic acids is 1. The molecular formula is C19H17FN2O2S. The van der Waals surface area contributed by atoms with Crippen molar-refractivity contribution in [3.8, 4) is 11.3 Å². The summed E-state index contributed by atoms with van der Waals surface area (Å²) in [6.45, 7) is 2.06. The van der Waals surface area contributed by atoms with Gasteiger partial charge in [-0.15, -0.1) is 11.3 Å². The average molecular weight is 356 g/mol. The molecule has 1 atom stereocenters. The van der Waals surface area contributed by atoms with Crippen molar-refractivity contribution in [2.75, 3.05) is 5.32 Å². The number of nitrogens with one attached hydrogen (secondary N) is 1. The van der Waals surface area contributed by atoms with Crippen LogP contribution in [0.3, 0.4) is 0 Å². The summed E-state index contributed by atoms with van der Waals surface area (Å²) in [5.74, 6) is -0.588. The van der Waals surface area contributed by atoms with Crippen LogP contribution in [0.25, 0.3) is 11.3 Å². The zero-order chi connectivity index (χ0) is 17.6. The van der Waals surface area contributed by atoms with Gasteiger partial charge in [-0.05, 0) is 24.6 Å². The van der Waals surface area contributed by atoms with Crippen molar-refractivity contribution in [3.63, 3.8) is 0 Å². The number of halogens is 1. The molecule has 0 saturated heterocycles. The molecule has 2 aromatic carbocycles. The molecule has 1 unspecified atom stereocenters. The summed E-state index contributed by atoms with van der Waals surface area (Å²) in [4.78, 5) is 16.5. The van der Waals surface area contributed by atoms with Gasteiger partial charge >= 0.3 is 0 Å². The summed E-state index contributed by atoms with van der Waals surface area (Å²) in [6, 6.07) is 15.8. The molecule has 0 bridgehead atoms. The SMILES string of the molecule is CC(OCc1ccccc1)C(=O)Nc1nc(-c2cccc(F)c2)cs1. The molecule has 0 aliphatic carbocycles. The summed E-state index contributed by atoms with van der Waals surface area (Å²) in [6.07, 6.45) is -0.610. The highest BCUT2D eigenvalue weighted by atomic mass is 32.1. The smallest absolute Gasteiger partial charge is 0.255 e. The lowest BCUT2D eigenvalue weighted by Crippen LogP contribution is -2.27. The molecule has 0 aliphatic heterocycles. The van der Waals surface area contributed by atoms with Crippen LogP contribution in [0.4, 0.5) is 9.52 Å². The predicted octanol–water partition coefficient (Wildman–Crippen LogP) is 4.49. The molecule has 128 valence electrons. The van der Waals surface area contributed by atoms with Crippen LogP contribution in [0.15, 0.2) is 60.0 Å². The normalized spacial score (nSPS) is 11.9. The highest BCUT2D eigenvalue weighted by Crippen LogP contribution is 2.25. The van der Waals surface area contributed by atoms with Gasteiger partial charge < -0.3 is 4.74 Å². The number of benzene rings is 2. The van der Waals surface area contributed by atoms with Gasteiger partial charge in [0.2, 0.25) is 0 Å². The van der Waals surface area contributed by atoms with Gasteiger partial charge in [-0.2, -0.15) is 0 Å². The first kappa shape index (κ1) is 17.3. The zero-order valence-corrected chi connectivity index (χ0v) is 14.4. The second-order valence-electron chi connectivity index (χ2n) is 5.48. The predicted molar refractivity (Wildman–Crippen MR) is 96.8 cm³/mol. The maximum atomic E-state index is 13.3. The van der Waals surface area contributed by atoms with Gasteiger partial charge in [0.05, 0.1) is 12.3 Å². The van der Waals surface area contributed by atoms with Crippen molar-refractivity contribution in [1.29, 1.82) is 0 Å². The minimum atomic E-state index is -0.610. The van der Waals surface area contributed by atoms with E-state index >= 15 is 0 Å². The first-order chi connectivity index (χ1) is 12.1. The summed E-state index contributed by atoms with van der Waals surface area (Å²) in [7, 11) is 0. The van der Waals surface area contributed by atoms with Crippen molar-refractivity contribution < 1.29 is 13.9 Å². The van der Waals surface area contributed by atoms with E-state index in [1.807, 2.05) is 30.3 Å². The first-order valence-electron chi connectivity index (χ1n) is 7.79. The molecular weight excluding hydrogens is 339 g/mol. The van der Waals surface area contributed by atoms with Crippen LogP contribution in [0.2, 0.25) is 0 Å². The zero-order valence-electron chi connectivity index (χ0n) is 13.6. The molecule has 0 saturated carbocycles. The molecule has 0 fully saturated rings. The second kappa shape index (κ2) is 8.00. The van der Waals surface area contributed by atoms with E-state index in [2.05, 4.69) is 10.3 Å². The van der Waals surface area contributed by atoms with Gasteiger partial charge in [0.1, 0.15) is 11.9 Å². The topological polar surface area (TPSA) is 51.2 Å². The van der Waals surface area contributed by atoms with Crippen molar-refractivity contribution in [2.24, 2.45) is 0 Å². The molecule has 0 aliphatic rings. The molecule has 3 rings (SSSR count). The average Bonchev–Trinajstić information content (AvgIpc) is 3.09. The minimum absolute atomic E-state index is 0.268. The lowest BCUT2D eigenvalue weighted by Gasteiger charge is -2.12. The molecule has 1 aromatic heterocycles. The monoisotopic (exact) mass is 356 g/mol. The van der Waals surface area contributed by atoms with E-state index < -0.39 is 6.10 Å². The van der Waals surface area contributed by atoms with E-state index in [1.165, 1.54) is 23.5 Å². The summed E-state index contributed by atoms with van der Waals surface area (Å²) < 4.78 is 18.9. The van der Waals surface area contributed by atoms with E-state index in [0.717, 1.165) is 5.56 Å². The lowest BCUT2D eigenvalue weighted by molar-refractivity contribution is -0.127. The summed E-state index contributed by atoms with van der Waals surface area (Å²) >= 11 is 1.29. The number of anilines is 1. The van der Waals surface area contributed by atoms with Gasteiger partial charge in [0.25, 0.3) is 5.91 Å². The van der Waals surface area contributed by atoms with Gasteiger partial charge in [-0.3, -0.25) is 10.1 Å². The van der Waals surface area contributed by atoms with Crippen molar-refractivity contribution >= 4 is 22.4 Å². The van der Waals surface area contributed by atoms with Gasteiger partial charge in [-0.25, -0.2) is 9.37 Å². The summed E-state index contributed by atoms with van der Waals surface area (Å²) in [5, 5.41) is 4.97.